The molecule has 1 atom stereocenters. The number of thioether (sulfide) groups is 1. The van der Waals surface area contributed by atoms with E-state index in [1.54, 1.807) is 6.08 Å². The minimum atomic E-state index is -3.62. The van der Waals surface area contributed by atoms with Gasteiger partial charge in [0, 0.05) is 17.1 Å². The van der Waals surface area contributed by atoms with Crippen LogP contribution in [0.15, 0.2) is 10.4 Å². The van der Waals surface area contributed by atoms with Gasteiger partial charge in [0.1, 0.15) is 0 Å². The predicted octanol–water partition coefficient (Wildman–Crippen LogP) is 2.82. The number of hydrogen-bond acceptors (Lipinski definition) is 3. The minimum Gasteiger partial charge on any atom is -0.210 e. The quantitative estimate of drug-likeness (QED) is 0.551. The Labute approximate surface area is 86.9 Å². The summed E-state index contributed by atoms with van der Waals surface area (Å²) in [6.45, 7) is 0. The van der Waals surface area contributed by atoms with Crippen LogP contribution in [0.2, 0.25) is 0 Å². The fourth-order valence-corrected chi connectivity index (χ4v) is 4.20. The molecule has 1 aliphatic heterocycles. The SMILES string of the molecule is O=S(=O)(Cl)C1(Br)CC=C(Cl)S1. The van der Waals surface area contributed by atoms with Gasteiger partial charge in [0.25, 0.3) is 9.05 Å². The third-order valence-corrected chi connectivity index (χ3v) is 7.85. The molecule has 0 saturated heterocycles. The molecule has 0 aromatic carbocycles. The topological polar surface area (TPSA) is 34.1 Å². The average Bonchev–Trinajstić information content (AvgIpc) is 2.10. The van der Waals surface area contributed by atoms with Gasteiger partial charge < -0.3 is 0 Å². The highest BCUT2D eigenvalue weighted by Crippen LogP contribution is 2.52. The Kier molecular flexibility index (Phi) is 2.87. The Balaban J connectivity index is 2.92. The van der Waals surface area contributed by atoms with E-state index in [2.05, 4.69) is 15.9 Å². The molecule has 7 heteroatoms. The van der Waals surface area contributed by atoms with Gasteiger partial charge in [-0.05, 0) is 0 Å². The van der Waals surface area contributed by atoms with E-state index in [0.717, 1.165) is 11.8 Å². The standard InChI is InChI=1S/C4H3BrCl2O2S2/c5-4(11(7,8)9)2-1-3(6)10-4/h1H,2H2. The summed E-state index contributed by atoms with van der Waals surface area (Å²) in [5, 5.41) is 0. The monoisotopic (exact) mass is 296 g/mol. The summed E-state index contributed by atoms with van der Waals surface area (Å²) < 4.78 is 21.1. The van der Waals surface area contributed by atoms with Gasteiger partial charge in [0.15, 0.2) is 2.99 Å². The lowest BCUT2D eigenvalue weighted by atomic mass is 10.5. The van der Waals surface area contributed by atoms with E-state index in [-0.39, 0.29) is 0 Å². The summed E-state index contributed by atoms with van der Waals surface area (Å²) in [7, 11) is 1.54. The van der Waals surface area contributed by atoms with Crippen molar-refractivity contribution in [1.82, 2.24) is 0 Å². The van der Waals surface area contributed by atoms with Crippen LogP contribution in [0.1, 0.15) is 6.42 Å². The van der Waals surface area contributed by atoms with Crippen LogP contribution >= 0.6 is 50.0 Å². The molecule has 2 nitrogen and oxygen atoms in total. The van der Waals surface area contributed by atoms with Crippen molar-refractivity contribution in [2.75, 3.05) is 0 Å². The van der Waals surface area contributed by atoms with Crippen LogP contribution in [0, 0.1) is 0 Å². The van der Waals surface area contributed by atoms with Crippen molar-refractivity contribution in [3.8, 4) is 0 Å². The Hall–Kier alpha value is 1.10. The Morgan fingerprint density at radius 2 is 2.27 bits per heavy atom. The zero-order valence-electron chi connectivity index (χ0n) is 5.05. The molecule has 11 heavy (non-hydrogen) atoms. The number of halogens is 3. The van der Waals surface area contributed by atoms with Crippen molar-refractivity contribution >= 4 is 59.0 Å². The molecule has 0 aromatic rings. The summed E-state index contributed by atoms with van der Waals surface area (Å²) in [5.74, 6) is 0. The smallest absolute Gasteiger partial charge is 0.210 e. The molecule has 0 amide bonds. The van der Waals surface area contributed by atoms with Crippen molar-refractivity contribution in [2.24, 2.45) is 0 Å². The summed E-state index contributed by atoms with van der Waals surface area (Å²) in [6.07, 6.45) is 1.91. The van der Waals surface area contributed by atoms with Crippen LogP contribution in [-0.2, 0) is 9.05 Å². The van der Waals surface area contributed by atoms with E-state index >= 15 is 0 Å². The van der Waals surface area contributed by atoms with Gasteiger partial charge >= 0.3 is 0 Å². The molecule has 1 heterocycles. The van der Waals surface area contributed by atoms with E-state index in [4.69, 9.17) is 22.3 Å². The third kappa shape index (κ3) is 2.06. The maximum atomic E-state index is 10.9. The molecule has 1 aliphatic rings. The lowest BCUT2D eigenvalue weighted by Gasteiger charge is -2.15. The van der Waals surface area contributed by atoms with Gasteiger partial charge in [-0.2, -0.15) is 0 Å². The second-order valence-corrected chi connectivity index (χ2v) is 9.34. The van der Waals surface area contributed by atoms with Crippen LogP contribution in [0.3, 0.4) is 0 Å². The second kappa shape index (κ2) is 3.10. The van der Waals surface area contributed by atoms with Crippen molar-refractivity contribution < 1.29 is 8.42 Å². The number of alkyl halides is 1. The molecule has 0 fully saturated rings. The average molecular weight is 298 g/mol. The molecule has 0 aromatic heterocycles. The maximum absolute atomic E-state index is 10.9. The lowest BCUT2D eigenvalue weighted by molar-refractivity contribution is 0.605. The minimum absolute atomic E-state index is 0.294. The Morgan fingerprint density at radius 1 is 1.73 bits per heavy atom. The molecular weight excluding hydrogens is 295 g/mol. The molecule has 0 aliphatic carbocycles. The summed E-state index contributed by atoms with van der Waals surface area (Å²) in [5.41, 5.74) is 0. The molecule has 0 radical (unpaired) electrons. The van der Waals surface area contributed by atoms with Gasteiger partial charge in [-0.3, -0.25) is 0 Å². The zero-order valence-corrected chi connectivity index (χ0v) is 9.78. The van der Waals surface area contributed by atoms with Gasteiger partial charge in [0.2, 0.25) is 0 Å². The highest BCUT2D eigenvalue weighted by molar-refractivity contribution is 9.14. The van der Waals surface area contributed by atoms with Crippen LogP contribution in [-0.4, -0.2) is 11.4 Å². The molecule has 0 saturated carbocycles. The van der Waals surface area contributed by atoms with Crippen molar-refractivity contribution in [2.45, 2.75) is 9.41 Å². The number of rotatable bonds is 1. The zero-order chi connectivity index (χ0) is 8.70. The van der Waals surface area contributed by atoms with E-state index in [1.165, 1.54) is 0 Å². The van der Waals surface area contributed by atoms with Crippen LogP contribution in [0.25, 0.3) is 0 Å². The second-order valence-electron chi connectivity index (χ2n) is 1.91. The van der Waals surface area contributed by atoms with E-state index in [1.807, 2.05) is 0 Å². The van der Waals surface area contributed by atoms with Gasteiger partial charge in [-0.1, -0.05) is 45.4 Å². The largest absolute Gasteiger partial charge is 0.258 e. The maximum Gasteiger partial charge on any atom is 0.258 e. The van der Waals surface area contributed by atoms with Crippen LogP contribution in [0.4, 0.5) is 0 Å². The van der Waals surface area contributed by atoms with Crippen LogP contribution < -0.4 is 0 Å². The number of allylic oxidation sites excluding steroid dienone is 1. The lowest BCUT2D eigenvalue weighted by Crippen LogP contribution is -2.20. The van der Waals surface area contributed by atoms with Gasteiger partial charge in [-0.15, -0.1) is 0 Å². The first-order valence-corrected chi connectivity index (χ1v) is 6.83. The molecule has 1 rings (SSSR count). The van der Waals surface area contributed by atoms with Gasteiger partial charge in [0.05, 0.1) is 4.36 Å². The first-order valence-electron chi connectivity index (χ1n) is 2.53. The predicted molar refractivity (Wildman–Crippen MR) is 52.6 cm³/mol. The highest BCUT2D eigenvalue weighted by Gasteiger charge is 2.44. The molecule has 0 bridgehead atoms. The Morgan fingerprint density at radius 3 is 2.45 bits per heavy atom. The van der Waals surface area contributed by atoms with E-state index in [0.29, 0.717) is 10.8 Å². The molecule has 1 unspecified atom stereocenters. The molecular formula is C4H3BrCl2O2S2. The molecule has 0 spiro atoms. The van der Waals surface area contributed by atoms with Crippen molar-refractivity contribution in [3.05, 3.63) is 10.4 Å². The number of hydrogen-bond donors (Lipinski definition) is 0. The first kappa shape index (κ1) is 10.2. The summed E-state index contributed by atoms with van der Waals surface area (Å²) in [6, 6.07) is 0. The van der Waals surface area contributed by atoms with Gasteiger partial charge in [-0.25, -0.2) is 8.42 Å². The third-order valence-electron chi connectivity index (χ3n) is 1.12. The highest BCUT2D eigenvalue weighted by atomic mass is 79.9. The Bertz CT molecular complexity index is 299. The molecule has 0 N–H and O–H groups in total. The van der Waals surface area contributed by atoms with Crippen molar-refractivity contribution in [3.63, 3.8) is 0 Å². The molecule has 64 valence electrons. The fourth-order valence-electron chi connectivity index (χ4n) is 0.580. The van der Waals surface area contributed by atoms with Crippen LogP contribution in [0.5, 0.6) is 0 Å². The normalized spacial score (nSPS) is 32.1. The van der Waals surface area contributed by atoms with E-state index < -0.39 is 12.0 Å². The fraction of sp³-hybridized carbons (Fsp3) is 0.500. The summed E-state index contributed by atoms with van der Waals surface area (Å²) in [4.78, 5) is 0. The van der Waals surface area contributed by atoms with E-state index in [9.17, 15) is 8.42 Å². The first-order chi connectivity index (χ1) is 4.85. The van der Waals surface area contributed by atoms with Crippen molar-refractivity contribution in [1.29, 1.82) is 0 Å². The summed E-state index contributed by atoms with van der Waals surface area (Å²) >= 11 is 9.58.